The number of aryl methyl sites for hydroxylation is 1. The number of carbonyl (C=O) groups excluding carboxylic acids is 1. The number of methoxy groups -OCH3 is 1. The van der Waals surface area contributed by atoms with E-state index >= 15 is 0 Å². The Hall–Kier alpha value is -1.79. The van der Waals surface area contributed by atoms with Gasteiger partial charge in [0.1, 0.15) is 0 Å². The normalized spacial score (nSPS) is 22.4. The summed E-state index contributed by atoms with van der Waals surface area (Å²) in [6, 6.07) is 9.91. The number of nitrogens with two attached hydrogens (primary N) is 1. The Bertz CT molecular complexity index is 859. The van der Waals surface area contributed by atoms with E-state index in [0.29, 0.717) is 10.7 Å². The highest BCUT2D eigenvalue weighted by molar-refractivity contribution is 8.13. The Morgan fingerprint density at radius 3 is 3.00 bits per heavy atom. The van der Waals surface area contributed by atoms with Crippen molar-refractivity contribution in [2.75, 3.05) is 12.9 Å². The van der Waals surface area contributed by atoms with Gasteiger partial charge in [-0.05, 0) is 55.0 Å². The quantitative estimate of drug-likeness (QED) is 0.803. The fourth-order valence-corrected chi connectivity index (χ4v) is 5.92. The number of thiophene rings is 1. The van der Waals surface area contributed by atoms with Crippen molar-refractivity contribution in [3.63, 3.8) is 0 Å². The van der Waals surface area contributed by atoms with Gasteiger partial charge in [-0.3, -0.25) is 4.99 Å². The summed E-state index contributed by atoms with van der Waals surface area (Å²) in [5, 5.41) is 0.708. The minimum atomic E-state index is -0.304. The van der Waals surface area contributed by atoms with Crippen molar-refractivity contribution in [3.05, 3.63) is 46.3 Å². The summed E-state index contributed by atoms with van der Waals surface area (Å²) in [5.74, 6) is 0.721. The van der Waals surface area contributed by atoms with Crippen molar-refractivity contribution >= 4 is 34.2 Å². The fourth-order valence-electron chi connectivity index (χ4n) is 3.74. The summed E-state index contributed by atoms with van der Waals surface area (Å²) in [5.41, 5.74) is 8.88. The van der Waals surface area contributed by atoms with Crippen molar-refractivity contribution in [1.29, 1.82) is 0 Å². The van der Waals surface area contributed by atoms with E-state index in [1.165, 1.54) is 22.4 Å². The van der Waals surface area contributed by atoms with Crippen LogP contribution < -0.4 is 5.73 Å². The maximum atomic E-state index is 11.8. The van der Waals surface area contributed by atoms with Gasteiger partial charge in [0.25, 0.3) is 0 Å². The zero-order chi connectivity index (χ0) is 17.4. The zero-order valence-corrected chi connectivity index (χ0v) is 15.7. The molecule has 130 valence electrons. The van der Waals surface area contributed by atoms with E-state index in [1.54, 1.807) is 17.8 Å². The summed E-state index contributed by atoms with van der Waals surface area (Å²) in [6.45, 7) is 0. The van der Waals surface area contributed by atoms with Gasteiger partial charge >= 0.3 is 5.97 Å². The third-order valence-electron chi connectivity index (χ3n) is 4.96. The van der Waals surface area contributed by atoms with Crippen molar-refractivity contribution in [2.24, 2.45) is 10.7 Å². The van der Waals surface area contributed by atoms with Gasteiger partial charge in [-0.15, -0.1) is 11.3 Å². The first kappa shape index (κ1) is 16.7. The molecule has 2 N–H and O–H groups in total. The Balaban J connectivity index is 1.77. The molecule has 1 aromatic carbocycles. The average molecular weight is 373 g/mol. The van der Waals surface area contributed by atoms with Gasteiger partial charge in [0.2, 0.25) is 0 Å². The lowest BCUT2D eigenvalue weighted by Crippen LogP contribution is -2.34. The predicted molar refractivity (Wildman–Crippen MR) is 104 cm³/mol. The fraction of sp³-hybridized carbons (Fsp3) is 0.368. The van der Waals surface area contributed by atoms with Crippen LogP contribution in [0, 0.1) is 0 Å². The maximum Gasteiger partial charge on any atom is 0.337 e. The molecule has 1 aliphatic heterocycles. The number of hydrogen-bond donors (Lipinski definition) is 1. The molecule has 6 heteroatoms. The highest BCUT2D eigenvalue weighted by Gasteiger charge is 2.39. The highest BCUT2D eigenvalue weighted by Crippen LogP contribution is 2.48. The van der Waals surface area contributed by atoms with Crippen molar-refractivity contribution in [2.45, 2.75) is 31.2 Å². The van der Waals surface area contributed by atoms with Gasteiger partial charge in [-0.1, -0.05) is 23.9 Å². The summed E-state index contributed by atoms with van der Waals surface area (Å²) in [6.07, 6.45) is 4.36. The summed E-state index contributed by atoms with van der Waals surface area (Å²) in [4.78, 5) is 19.3. The molecular weight excluding hydrogens is 352 g/mol. The molecular formula is C19H20N2O2S2. The molecule has 0 fully saturated rings. The van der Waals surface area contributed by atoms with Crippen LogP contribution >= 0.6 is 23.1 Å². The predicted octanol–water partition coefficient (Wildman–Crippen LogP) is 4.18. The standard InChI is InChI=1S/C19H20N2O2S2/c1-23-17(22)13-5-2-4-12(10-13)16-11-14-15(25-16)6-3-7-19(14)8-9-24-18(20)21-19/h2,4-5,10-11H,3,6-9H2,1H3,(H2,20,21). The molecule has 4 nitrogen and oxygen atoms in total. The van der Waals surface area contributed by atoms with Gasteiger partial charge in [-0.2, -0.15) is 0 Å². The van der Waals surface area contributed by atoms with Crippen LogP contribution in [0.2, 0.25) is 0 Å². The average Bonchev–Trinajstić information content (AvgIpc) is 3.07. The Morgan fingerprint density at radius 1 is 1.32 bits per heavy atom. The zero-order valence-electron chi connectivity index (χ0n) is 14.1. The number of carbonyl (C=O) groups is 1. The molecule has 4 rings (SSSR count). The smallest absolute Gasteiger partial charge is 0.337 e. The van der Waals surface area contributed by atoms with Gasteiger partial charge in [0, 0.05) is 15.5 Å². The Kier molecular flexibility index (Phi) is 4.33. The molecule has 2 aliphatic rings. The molecule has 1 aromatic heterocycles. The van der Waals surface area contributed by atoms with Crippen molar-refractivity contribution in [3.8, 4) is 10.4 Å². The number of thioether (sulfide) groups is 1. The third-order valence-corrected chi connectivity index (χ3v) is 7.00. The van der Waals surface area contributed by atoms with Crippen LogP contribution in [0.5, 0.6) is 0 Å². The lowest BCUT2D eigenvalue weighted by atomic mass is 9.78. The van der Waals surface area contributed by atoms with E-state index < -0.39 is 0 Å². The maximum absolute atomic E-state index is 11.8. The van der Waals surface area contributed by atoms with Crippen LogP contribution in [-0.2, 0) is 16.7 Å². The van der Waals surface area contributed by atoms with Crippen LogP contribution in [0.15, 0.2) is 35.3 Å². The number of benzene rings is 1. The molecule has 2 heterocycles. The lowest BCUT2D eigenvalue weighted by molar-refractivity contribution is 0.0601. The van der Waals surface area contributed by atoms with Crippen molar-refractivity contribution in [1.82, 2.24) is 0 Å². The Morgan fingerprint density at radius 2 is 2.20 bits per heavy atom. The molecule has 0 amide bonds. The minimum Gasteiger partial charge on any atom is -0.465 e. The molecule has 1 atom stereocenters. The topological polar surface area (TPSA) is 64.7 Å². The van der Waals surface area contributed by atoms with E-state index in [0.717, 1.165) is 37.0 Å². The highest BCUT2D eigenvalue weighted by atomic mass is 32.2. The van der Waals surface area contributed by atoms with Gasteiger partial charge in [-0.25, -0.2) is 4.79 Å². The number of aliphatic imine (C=N–C) groups is 1. The summed E-state index contributed by atoms with van der Waals surface area (Å²) in [7, 11) is 1.41. The second-order valence-electron chi connectivity index (χ2n) is 6.45. The van der Waals surface area contributed by atoms with Gasteiger partial charge in [0.15, 0.2) is 5.17 Å². The number of amidine groups is 1. The first-order chi connectivity index (χ1) is 12.1. The van der Waals surface area contributed by atoms with Crippen LogP contribution in [0.4, 0.5) is 0 Å². The van der Waals surface area contributed by atoms with E-state index in [9.17, 15) is 4.79 Å². The first-order valence-corrected chi connectivity index (χ1v) is 10.2. The summed E-state index contributed by atoms with van der Waals surface area (Å²) < 4.78 is 4.84. The molecule has 25 heavy (non-hydrogen) atoms. The largest absolute Gasteiger partial charge is 0.465 e. The second-order valence-corrected chi connectivity index (χ2v) is 8.71. The Labute approximate surface area is 155 Å². The number of rotatable bonds is 2. The molecule has 0 radical (unpaired) electrons. The number of nitrogens with zero attached hydrogens (tertiary/aromatic N) is 1. The van der Waals surface area contributed by atoms with Crippen molar-refractivity contribution < 1.29 is 9.53 Å². The minimum absolute atomic E-state index is 0.141. The molecule has 0 saturated heterocycles. The van der Waals surface area contributed by atoms with Crippen LogP contribution in [-0.4, -0.2) is 24.0 Å². The number of fused-ring (bicyclic) bond motifs is 2. The van der Waals surface area contributed by atoms with E-state index in [2.05, 4.69) is 6.07 Å². The second kappa shape index (κ2) is 6.50. The van der Waals surface area contributed by atoms with Crippen LogP contribution in [0.1, 0.15) is 40.1 Å². The summed E-state index contributed by atoms with van der Waals surface area (Å²) >= 11 is 3.47. The molecule has 2 aromatic rings. The van der Waals surface area contributed by atoms with E-state index in [4.69, 9.17) is 15.5 Å². The first-order valence-electron chi connectivity index (χ1n) is 8.41. The van der Waals surface area contributed by atoms with E-state index in [1.807, 2.05) is 29.5 Å². The lowest BCUT2D eigenvalue weighted by Gasteiger charge is -2.36. The SMILES string of the molecule is COC(=O)c1cccc(-c2cc3c(s2)CCCC32CCSC(N)=N2)c1. The monoisotopic (exact) mass is 372 g/mol. The third kappa shape index (κ3) is 2.98. The molecule has 0 bridgehead atoms. The van der Waals surface area contributed by atoms with Crippen LogP contribution in [0.25, 0.3) is 10.4 Å². The molecule has 1 spiro atoms. The van der Waals surface area contributed by atoms with Gasteiger partial charge < -0.3 is 10.5 Å². The number of ether oxygens (including phenoxy) is 1. The number of hydrogen-bond acceptors (Lipinski definition) is 6. The van der Waals surface area contributed by atoms with E-state index in [-0.39, 0.29) is 11.5 Å². The number of esters is 1. The van der Waals surface area contributed by atoms with Crippen LogP contribution in [0.3, 0.4) is 0 Å². The molecule has 0 saturated carbocycles. The molecule has 1 aliphatic carbocycles. The van der Waals surface area contributed by atoms with Gasteiger partial charge in [0.05, 0.1) is 18.2 Å². The molecule has 1 unspecified atom stereocenters.